The van der Waals surface area contributed by atoms with Crippen LogP contribution in [0, 0.1) is 11.6 Å². The number of benzene rings is 1. The van der Waals surface area contributed by atoms with Crippen molar-refractivity contribution in [1.82, 2.24) is 4.98 Å². The van der Waals surface area contributed by atoms with Crippen LogP contribution in [0.4, 0.5) is 14.5 Å². The van der Waals surface area contributed by atoms with Crippen LogP contribution in [-0.4, -0.2) is 34.5 Å². The third kappa shape index (κ3) is 4.27. The third-order valence-electron chi connectivity index (χ3n) is 2.69. The average Bonchev–Trinajstić information content (AvgIpc) is 2.49. The normalized spacial score (nSPS) is 12.0. The molecule has 0 saturated heterocycles. The monoisotopic (exact) mass is 330 g/mol. The number of ether oxygens (including phenoxy) is 1. The Morgan fingerprint density at radius 3 is 2.73 bits per heavy atom. The number of aromatic nitrogens is 1. The average molecular weight is 331 g/mol. The van der Waals surface area contributed by atoms with Crippen molar-refractivity contribution in [2.45, 2.75) is 6.10 Å². The Morgan fingerprint density at radius 2 is 2.05 bits per heavy atom. The highest BCUT2D eigenvalue weighted by molar-refractivity contribution is 6.29. The van der Waals surface area contributed by atoms with Crippen LogP contribution >= 0.6 is 11.6 Å². The van der Waals surface area contributed by atoms with Gasteiger partial charge in [0.05, 0.1) is 18.4 Å². The molecule has 22 heavy (non-hydrogen) atoms. The summed E-state index contributed by atoms with van der Waals surface area (Å²) in [4.78, 5) is 3.75. The Balaban J connectivity index is 2.15. The highest BCUT2D eigenvalue weighted by atomic mass is 35.5. The number of hydrogen-bond acceptors (Lipinski definition) is 5. The van der Waals surface area contributed by atoms with Crippen LogP contribution in [0.5, 0.6) is 11.5 Å². The fourth-order valence-electron chi connectivity index (χ4n) is 1.61. The molecule has 1 heterocycles. The maximum atomic E-state index is 13.9. The van der Waals surface area contributed by atoms with Crippen LogP contribution in [0.3, 0.4) is 0 Å². The molecule has 0 saturated carbocycles. The molecule has 0 aliphatic heterocycles. The molecule has 0 aliphatic rings. The van der Waals surface area contributed by atoms with Gasteiger partial charge in [-0.15, -0.1) is 0 Å². The fraction of sp³-hybridized carbons (Fsp3) is 0.214. The van der Waals surface area contributed by atoms with Crippen LogP contribution in [0.2, 0.25) is 5.15 Å². The number of nitrogens with zero attached hydrogens (tertiary/aromatic N) is 1. The lowest BCUT2D eigenvalue weighted by molar-refractivity contribution is 0.105. The van der Waals surface area contributed by atoms with Crippen LogP contribution in [0.1, 0.15) is 0 Å². The Labute approximate surface area is 130 Å². The molecule has 0 bridgehead atoms. The van der Waals surface area contributed by atoms with Crippen LogP contribution in [-0.2, 0) is 0 Å². The van der Waals surface area contributed by atoms with Gasteiger partial charge in [-0.1, -0.05) is 11.6 Å². The van der Waals surface area contributed by atoms with Crippen molar-refractivity contribution >= 4 is 17.3 Å². The minimum absolute atomic E-state index is 0.118. The lowest BCUT2D eigenvalue weighted by Gasteiger charge is -2.13. The maximum Gasteiger partial charge on any atom is 0.167 e. The van der Waals surface area contributed by atoms with E-state index < -0.39 is 24.3 Å². The van der Waals surface area contributed by atoms with Crippen molar-refractivity contribution in [3.05, 3.63) is 47.2 Å². The summed E-state index contributed by atoms with van der Waals surface area (Å²) in [6.07, 6.45) is 0.301. The topological polar surface area (TPSA) is 74.6 Å². The number of aliphatic hydroxyl groups is 2. The second kappa shape index (κ2) is 7.35. The number of rotatable bonds is 6. The van der Waals surface area contributed by atoms with E-state index in [1.54, 1.807) is 0 Å². The Hall–Kier alpha value is -1.96. The minimum Gasteiger partial charge on any atom is -0.454 e. The number of nitrogens with one attached hydrogen (secondary N) is 1. The summed E-state index contributed by atoms with van der Waals surface area (Å²) in [6, 6.07) is 4.59. The summed E-state index contributed by atoms with van der Waals surface area (Å²) < 4.78 is 33.0. The zero-order chi connectivity index (χ0) is 16.1. The number of hydrogen-bond donors (Lipinski definition) is 3. The van der Waals surface area contributed by atoms with Crippen molar-refractivity contribution in [2.24, 2.45) is 0 Å². The van der Waals surface area contributed by atoms with Gasteiger partial charge in [0.25, 0.3) is 0 Å². The summed E-state index contributed by atoms with van der Waals surface area (Å²) in [5.41, 5.74) is -0.148. The molecule has 0 aliphatic carbocycles. The Kier molecular flexibility index (Phi) is 5.48. The van der Waals surface area contributed by atoms with E-state index in [9.17, 15) is 13.9 Å². The molecule has 1 aromatic heterocycles. The molecule has 5 nitrogen and oxygen atoms in total. The van der Waals surface area contributed by atoms with Gasteiger partial charge in [0.1, 0.15) is 16.7 Å². The van der Waals surface area contributed by atoms with Crippen LogP contribution in [0.15, 0.2) is 30.5 Å². The first kappa shape index (κ1) is 16.4. The van der Waals surface area contributed by atoms with Gasteiger partial charge >= 0.3 is 0 Å². The van der Waals surface area contributed by atoms with E-state index in [0.717, 1.165) is 12.1 Å². The molecule has 118 valence electrons. The van der Waals surface area contributed by atoms with E-state index in [4.69, 9.17) is 21.4 Å². The predicted molar refractivity (Wildman–Crippen MR) is 77.3 cm³/mol. The van der Waals surface area contributed by atoms with Gasteiger partial charge in [0, 0.05) is 30.9 Å². The molecular formula is C14H13ClF2N2O3. The second-order valence-electron chi connectivity index (χ2n) is 4.40. The van der Waals surface area contributed by atoms with Gasteiger partial charge in [0.15, 0.2) is 11.6 Å². The summed E-state index contributed by atoms with van der Waals surface area (Å²) in [6.45, 7) is -0.603. The second-order valence-corrected chi connectivity index (χ2v) is 4.78. The fourth-order valence-corrected chi connectivity index (χ4v) is 1.77. The van der Waals surface area contributed by atoms with Crippen molar-refractivity contribution < 1.29 is 23.7 Å². The molecule has 1 aromatic carbocycles. The zero-order valence-electron chi connectivity index (χ0n) is 11.3. The Bertz CT molecular complexity index is 658. The van der Waals surface area contributed by atoms with Gasteiger partial charge in [-0.3, -0.25) is 0 Å². The maximum absolute atomic E-state index is 13.9. The highest BCUT2D eigenvalue weighted by Crippen LogP contribution is 2.29. The lowest BCUT2D eigenvalue weighted by Crippen LogP contribution is -2.23. The highest BCUT2D eigenvalue weighted by Gasteiger charge is 2.13. The van der Waals surface area contributed by atoms with E-state index in [-0.39, 0.29) is 28.9 Å². The van der Waals surface area contributed by atoms with E-state index in [0.29, 0.717) is 0 Å². The number of aliphatic hydroxyl groups excluding tert-OH is 2. The van der Waals surface area contributed by atoms with E-state index in [1.807, 2.05) is 0 Å². The predicted octanol–water partition coefficient (Wildman–Crippen LogP) is 2.57. The number of halogens is 3. The smallest absolute Gasteiger partial charge is 0.167 e. The van der Waals surface area contributed by atoms with Crippen LogP contribution < -0.4 is 10.1 Å². The molecule has 1 unspecified atom stereocenters. The number of pyridine rings is 1. The van der Waals surface area contributed by atoms with Gasteiger partial charge in [-0.2, -0.15) is 0 Å². The molecule has 3 N–H and O–H groups in total. The first-order valence-corrected chi connectivity index (χ1v) is 6.68. The van der Waals surface area contributed by atoms with Crippen molar-refractivity contribution in [2.75, 3.05) is 18.5 Å². The zero-order valence-corrected chi connectivity index (χ0v) is 12.0. The van der Waals surface area contributed by atoms with Crippen molar-refractivity contribution in [1.29, 1.82) is 0 Å². The third-order valence-corrected chi connectivity index (χ3v) is 2.89. The van der Waals surface area contributed by atoms with Crippen LogP contribution in [0.25, 0.3) is 0 Å². The quantitative estimate of drug-likeness (QED) is 0.710. The molecule has 2 rings (SSSR count). The van der Waals surface area contributed by atoms with Gasteiger partial charge in [-0.05, 0) is 6.07 Å². The van der Waals surface area contributed by atoms with Gasteiger partial charge < -0.3 is 20.3 Å². The first-order valence-electron chi connectivity index (χ1n) is 6.31. The van der Waals surface area contributed by atoms with Crippen molar-refractivity contribution in [3.63, 3.8) is 0 Å². The Morgan fingerprint density at radius 1 is 1.27 bits per heavy atom. The lowest BCUT2D eigenvalue weighted by atomic mass is 10.2. The largest absolute Gasteiger partial charge is 0.454 e. The molecule has 1 atom stereocenters. The van der Waals surface area contributed by atoms with E-state index in [2.05, 4.69) is 10.3 Å². The standard InChI is InChI=1S/C14H13ClF2N2O3/c15-14-3-9(1-2-18-14)22-13-5-10(16)12(4-11(13)17)19-6-8(21)7-20/h1-5,8,19-21H,6-7H2. The molecular weight excluding hydrogens is 318 g/mol. The van der Waals surface area contributed by atoms with E-state index >= 15 is 0 Å². The summed E-state index contributed by atoms with van der Waals surface area (Å²) in [5, 5.41) is 20.5. The molecule has 0 fully saturated rings. The molecule has 0 spiro atoms. The SMILES string of the molecule is OCC(O)CNc1cc(F)c(Oc2ccnc(Cl)c2)cc1F. The first-order chi connectivity index (χ1) is 10.5. The summed E-state index contributed by atoms with van der Waals surface area (Å²) in [7, 11) is 0. The van der Waals surface area contributed by atoms with Gasteiger partial charge in [0.2, 0.25) is 0 Å². The number of anilines is 1. The van der Waals surface area contributed by atoms with Crippen molar-refractivity contribution in [3.8, 4) is 11.5 Å². The minimum atomic E-state index is -1.07. The molecule has 8 heteroatoms. The summed E-state index contributed by atoms with van der Waals surface area (Å²) in [5.74, 6) is -1.65. The van der Waals surface area contributed by atoms with Gasteiger partial charge in [-0.25, -0.2) is 13.8 Å². The molecule has 0 radical (unpaired) electrons. The molecule has 2 aromatic rings. The molecule has 0 amide bonds. The van der Waals surface area contributed by atoms with E-state index in [1.165, 1.54) is 18.3 Å². The summed E-state index contributed by atoms with van der Waals surface area (Å²) >= 11 is 5.68.